The molecule has 0 aromatic heterocycles. The molecule has 1 N–H and O–H groups in total. The van der Waals surface area contributed by atoms with Gasteiger partial charge in [0.05, 0.1) is 0 Å². The molecular formula is C12H18NO. The van der Waals surface area contributed by atoms with Crippen molar-refractivity contribution in [3.8, 4) is 0 Å². The van der Waals surface area contributed by atoms with Crippen LogP contribution in [-0.2, 0) is 4.79 Å². The minimum Gasteiger partial charge on any atom is -0.319 e. The van der Waals surface area contributed by atoms with Crippen LogP contribution in [-0.4, -0.2) is 19.9 Å². The largest absolute Gasteiger partial charge is 0.319 e. The topological polar surface area (TPSA) is 29.1 Å². The van der Waals surface area contributed by atoms with Crippen molar-refractivity contribution < 1.29 is 4.79 Å². The maximum absolute atomic E-state index is 8.69. The molecule has 0 aliphatic carbocycles. The summed E-state index contributed by atoms with van der Waals surface area (Å²) in [5.41, 5.74) is 1.40. The lowest BCUT2D eigenvalue weighted by Crippen LogP contribution is -2.14. The molecule has 0 spiro atoms. The second-order valence-electron chi connectivity index (χ2n) is 3.04. The summed E-state index contributed by atoms with van der Waals surface area (Å²) >= 11 is 0. The zero-order valence-corrected chi connectivity index (χ0v) is 8.86. The quantitative estimate of drug-likeness (QED) is 0.742. The monoisotopic (exact) mass is 192 g/mol. The number of nitrogens with one attached hydrogen (secondary N) is 1. The number of likely N-dealkylation sites (N-methyl/N-ethyl adjacent to an activating group) is 1. The van der Waals surface area contributed by atoms with Gasteiger partial charge in [-0.05, 0) is 18.5 Å². The van der Waals surface area contributed by atoms with Crippen molar-refractivity contribution in [3.05, 3.63) is 42.8 Å². The summed E-state index contributed by atoms with van der Waals surface area (Å²) in [5.74, 6) is 0.612. The van der Waals surface area contributed by atoms with Gasteiger partial charge in [-0.25, -0.2) is 0 Å². The number of rotatable bonds is 3. The Bertz CT molecular complexity index is 233. The fourth-order valence-electron chi connectivity index (χ4n) is 1.21. The van der Waals surface area contributed by atoms with Crippen molar-refractivity contribution in [2.75, 3.05) is 13.6 Å². The van der Waals surface area contributed by atoms with E-state index in [1.165, 1.54) is 5.56 Å². The van der Waals surface area contributed by atoms with Crippen molar-refractivity contribution >= 4 is 6.29 Å². The summed E-state index contributed by atoms with van der Waals surface area (Å²) in [6.45, 7) is 6.08. The predicted molar refractivity (Wildman–Crippen MR) is 60.2 cm³/mol. The van der Waals surface area contributed by atoms with Crippen LogP contribution in [0.4, 0.5) is 0 Å². The molecule has 77 valence electrons. The molecule has 2 heteroatoms. The number of hydrogen-bond acceptors (Lipinski definition) is 2. The van der Waals surface area contributed by atoms with Gasteiger partial charge < -0.3 is 10.1 Å². The third-order valence-corrected chi connectivity index (χ3v) is 1.88. The SMILES string of the molecule is CNCC(C)c1ccccc1.[CH2]C=O. The molecule has 1 radical (unpaired) electrons. The highest BCUT2D eigenvalue weighted by atomic mass is 16.1. The van der Waals surface area contributed by atoms with Gasteiger partial charge in [0.1, 0.15) is 6.29 Å². The van der Waals surface area contributed by atoms with Gasteiger partial charge in [-0.1, -0.05) is 37.3 Å². The molecule has 0 saturated heterocycles. The molecule has 0 fully saturated rings. The zero-order chi connectivity index (χ0) is 10.8. The molecule has 0 bridgehead atoms. The highest BCUT2D eigenvalue weighted by Gasteiger charge is 2.01. The van der Waals surface area contributed by atoms with Crippen LogP contribution >= 0.6 is 0 Å². The van der Waals surface area contributed by atoms with E-state index in [1.54, 1.807) is 0 Å². The maximum atomic E-state index is 8.69. The number of carbonyl (C=O) groups excluding carboxylic acids is 1. The Morgan fingerprint density at radius 3 is 2.36 bits per heavy atom. The first-order valence-electron chi connectivity index (χ1n) is 4.68. The Morgan fingerprint density at radius 1 is 1.43 bits per heavy atom. The average Bonchev–Trinajstić information content (AvgIpc) is 2.21. The van der Waals surface area contributed by atoms with Crippen LogP contribution in [0.5, 0.6) is 0 Å². The van der Waals surface area contributed by atoms with Crippen LogP contribution < -0.4 is 5.32 Å². The van der Waals surface area contributed by atoms with E-state index < -0.39 is 0 Å². The second kappa shape index (κ2) is 8.45. The van der Waals surface area contributed by atoms with E-state index in [4.69, 9.17) is 4.79 Å². The first-order valence-corrected chi connectivity index (χ1v) is 4.68. The molecule has 0 amide bonds. The van der Waals surface area contributed by atoms with E-state index in [0.29, 0.717) is 12.2 Å². The standard InChI is InChI=1S/C10H15N.C2H3O/c1-9(8-11-2)10-6-4-3-5-7-10;1-2-3/h3-7,9,11H,8H2,1-2H3;2H,1H2. The Hall–Kier alpha value is -1.15. The van der Waals surface area contributed by atoms with Gasteiger partial charge in [0.15, 0.2) is 0 Å². The van der Waals surface area contributed by atoms with Crippen LogP contribution in [0.25, 0.3) is 0 Å². The van der Waals surface area contributed by atoms with Crippen molar-refractivity contribution in [2.24, 2.45) is 0 Å². The molecule has 2 nitrogen and oxygen atoms in total. The molecular weight excluding hydrogens is 174 g/mol. The van der Waals surface area contributed by atoms with E-state index in [9.17, 15) is 0 Å². The molecule has 0 heterocycles. The molecule has 1 aromatic rings. The third kappa shape index (κ3) is 5.49. The van der Waals surface area contributed by atoms with E-state index in [0.717, 1.165) is 6.54 Å². The van der Waals surface area contributed by atoms with Crippen molar-refractivity contribution in [3.63, 3.8) is 0 Å². The molecule has 0 saturated carbocycles. The second-order valence-corrected chi connectivity index (χ2v) is 3.04. The number of hydrogen-bond donors (Lipinski definition) is 1. The van der Waals surface area contributed by atoms with Gasteiger partial charge in [-0.3, -0.25) is 0 Å². The maximum Gasteiger partial charge on any atom is 0.120 e. The smallest absolute Gasteiger partial charge is 0.120 e. The fraction of sp³-hybridized carbons (Fsp3) is 0.333. The van der Waals surface area contributed by atoms with Crippen LogP contribution in [0.2, 0.25) is 0 Å². The van der Waals surface area contributed by atoms with Gasteiger partial charge in [-0.15, -0.1) is 0 Å². The molecule has 1 unspecified atom stereocenters. The molecule has 0 aliphatic heterocycles. The molecule has 1 aromatic carbocycles. The lowest BCUT2D eigenvalue weighted by atomic mass is 10.0. The van der Waals surface area contributed by atoms with Crippen LogP contribution in [0, 0.1) is 6.92 Å². The normalized spacial score (nSPS) is 11.1. The van der Waals surface area contributed by atoms with Crippen molar-refractivity contribution in [1.29, 1.82) is 0 Å². The van der Waals surface area contributed by atoms with Gasteiger partial charge in [0.25, 0.3) is 0 Å². The average molecular weight is 192 g/mol. The Morgan fingerprint density at radius 2 is 1.93 bits per heavy atom. The number of aldehydes is 1. The van der Waals surface area contributed by atoms with E-state index in [-0.39, 0.29) is 0 Å². The highest BCUT2D eigenvalue weighted by Crippen LogP contribution is 2.12. The predicted octanol–water partition coefficient (Wildman–Crippen LogP) is 2.03. The minimum atomic E-state index is 0.500. The summed E-state index contributed by atoms with van der Waals surface area (Å²) in [7, 11) is 1.99. The zero-order valence-electron chi connectivity index (χ0n) is 8.86. The van der Waals surface area contributed by atoms with Crippen LogP contribution in [0.3, 0.4) is 0 Å². The number of carbonyl (C=O) groups is 1. The molecule has 1 rings (SSSR count). The first-order chi connectivity index (χ1) is 6.76. The molecule has 1 atom stereocenters. The summed E-state index contributed by atoms with van der Waals surface area (Å²) in [6.07, 6.45) is 0.500. The molecule has 14 heavy (non-hydrogen) atoms. The van der Waals surface area contributed by atoms with E-state index in [1.807, 2.05) is 7.05 Å². The van der Waals surface area contributed by atoms with Gasteiger partial charge in [0, 0.05) is 13.5 Å². The molecule has 0 aliphatic rings. The Kier molecular flexibility index (Phi) is 7.75. The number of benzene rings is 1. The highest BCUT2D eigenvalue weighted by molar-refractivity contribution is 5.53. The van der Waals surface area contributed by atoms with E-state index >= 15 is 0 Å². The van der Waals surface area contributed by atoms with Crippen molar-refractivity contribution in [1.82, 2.24) is 5.32 Å². The third-order valence-electron chi connectivity index (χ3n) is 1.88. The fourth-order valence-corrected chi connectivity index (χ4v) is 1.21. The summed E-state index contributed by atoms with van der Waals surface area (Å²) in [4.78, 5) is 8.69. The summed E-state index contributed by atoms with van der Waals surface area (Å²) in [6, 6.07) is 10.6. The first kappa shape index (κ1) is 12.8. The van der Waals surface area contributed by atoms with Gasteiger partial charge in [-0.2, -0.15) is 0 Å². The van der Waals surface area contributed by atoms with E-state index in [2.05, 4.69) is 49.5 Å². The Labute approximate surface area is 86.3 Å². The summed E-state index contributed by atoms with van der Waals surface area (Å²) < 4.78 is 0. The van der Waals surface area contributed by atoms with Crippen LogP contribution in [0.1, 0.15) is 18.4 Å². The van der Waals surface area contributed by atoms with Crippen molar-refractivity contribution in [2.45, 2.75) is 12.8 Å². The van der Waals surface area contributed by atoms with Crippen LogP contribution in [0.15, 0.2) is 30.3 Å². The lowest BCUT2D eigenvalue weighted by Gasteiger charge is -2.09. The van der Waals surface area contributed by atoms with Gasteiger partial charge in [0.2, 0.25) is 0 Å². The summed E-state index contributed by atoms with van der Waals surface area (Å²) in [5, 5.41) is 3.17. The lowest BCUT2D eigenvalue weighted by molar-refractivity contribution is -0.104. The minimum absolute atomic E-state index is 0.500. The van der Waals surface area contributed by atoms with Gasteiger partial charge >= 0.3 is 0 Å². The Balaban J connectivity index is 0.000000500.